The number of nitrogens with zero attached hydrogens (tertiary/aromatic N) is 1. The summed E-state index contributed by atoms with van der Waals surface area (Å²) >= 11 is 0. The van der Waals surface area contributed by atoms with Gasteiger partial charge in [0.1, 0.15) is 6.04 Å². The number of hydrogen-bond acceptors (Lipinski definition) is 4. The zero-order valence-electron chi connectivity index (χ0n) is 16.8. The van der Waals surface area contributed by atoms with E-state index < -0.39 is 41.7 Å². The molecule has 3 aliphatic rings. The van der Waals surface area contributed by atoms with Crippen molar-refractivity contribution in [2.45, 2.75) is 30.8 Å². The van der Waals surface area contributed by atoms with Gasteiger partial charge in [0.15, 0.2) is 0 Å². The highest BCUT2D eigenvalue weighted by atomic mass is 19.3. The van der Waals surface area contributed by atoms with Crippen LogP contribution >= 0.6 is 0 Å². The largest absolute Gasteiger partial charge is 0.480 e. The minimum absolute atomic E-state index is 0.117. The Morgan fingerprint density at radius 3 is 2.50 bits per heavy atom. The number of aliphatic hydroxyl groups is 1. The highest BCUT2D eigenvalue weighted by molar-refractivity contribution is 5.99. The summed E-state index contributed by atoms with van der Waals surface area (Å²) in [5, 5.41) is 21.5. The fourth-order valence-corrected chi connectivity index (χ4v) is 5.10. The van der Waals surface area contributed by atoms with Crippen LogP contribution in [0.15, 0.2) is 42.5 Å². The number of aliphatic hydroxyl groups excluding tert-OH is 1. The fraction of sp³-hybridized carbons (Fsp3) is 0.348. The predicted octanol–water partition coefficient (Wildman–Crippen LogP) is 1.97. The first-order valence-electron chi connectivity index (χ1n) is 10.2. The molecule has 2 aromatic carbocycles. The molecule has 32 heavy (non-hydrogen) atoms. The van der Waals surface area contributed by atoms with Crippen LogP contribution in [0.5, 0.6) is 0 Å². The molecule has 1 aliphatic heterocycles. The third kappa shape index (κ3) is 2.84. The van der Waals surface area contributed by atoms with E-state index in [1.807, 2.05) is 0 Å². The number of carboxylic acids is 1. The molecule has 166 valence electrons. The van der Waals surface area contributed by atoms with Crippen molar-refractivity contribution in [3.05, 3.63) is 59.2 Å². The summed E-state index contributed by atoms with van der Waals surface area (Å²) in [5.41, 5.74) is -0.123. The van der Waals surface area contributed by atoms with E-state index in [0.29, 0.717) is 12.0 Å². The molecule has 2 amide bonds. The van der Waals surface area contributed by atoms with Crippen molar-refractivity contribution in [1.82, 2.24) is 10.2 Å². The van der Waals surface area contributed by atoms with Crippen LogP contribution in [-0.2, 0) is 15.5 Å². The van der Waals surface area contributed by atoms with Crippen molar-refractivity contribution < 1.29 is 33.4 Å². The number of alkyl halides is 2. The molecule has 7 nitrogen and oxygen atoms in total. The van der Waals surface area contributed by atoms with E-state index in [0.717, 1.165) is 0 Å². The van der Waals surface area contributed by atoms with Crippen molar-refractivity contribution in [3.63, 3.8) is 0 Å². The van der Waals surface area contributed by atoms with E-state index in [1.54, 1.807) is 12.1 Å². The molecule has 9 heteroatoms. The first-order chi connectivity index (χ1) is 15.2. The van der Waals surface area contributed by atoms with Gasteiger partial charge < -0.3 is 20.4 Å². The Labute approximate surface area is 181 Å². The summed E-state index contributed by atoms with van der Waals surface area (Å²) in [6, 6.07) is 8.60. The molecule has 3 atom stereocenters. The number of fused-ring (bicyclic) bond motifs is 4. The Bertz CT molecular complexity index is 1170. The Morgan fingerprint density at radius 1 is 1.06 bits per heavy atom. The molecule has 0 radical (unpaired) electrons. The lowest BCUT2D eigenvalue weighted by Crippen LogP contribution is -2.47. The van der Waals surface area contributed by atoms with E-state index in [9.17, 15) is 33.4 Å². The highest BCUT2D eigenvalue weighted by Crippen LogP contribution is 2.59. The van der Waals surface area contributed by atoms with Gasteiger partial charge in [-0.15, -0.1) is 0 Å². The first kappa shape index (κ1) is 20.6. The predicted molar refractivity (Wildman–Crippen MR) is 108 cm³/mol. The molecule has 2 aliphatic carbocycles. The van der Waals surface area contributed by atoms with Gasteiger partial charge in [0.2, 0.25) is 5.91 Å². The number of piperidine rings is 1. The number of carbonyl (C=O) groups excluding carboxylic acids is 2. The van der Waals surface area contributed by atoms with E-state index >= 15 is 0 Å². The summed E-state index contributed by atoms with van der Waals surface area (Å²) in [4.78, 5) is 38.1. The second-order valence-corrected chi connectivity index (χ2v) is 8.66. The van der Waals surface area contributed by atoms with Crippen molar-refractivity contribution in [3.8, 4) is 11.1 Å². The SMILES string of the molecule is O=C(NCC(=O)N1[C@H]2C[C@@]2(CO)C[C@H]1C(=O)O)c1ccc2c(c1)-c1ccccc1C2(F)F. The second-order valence-electron chi connectivity index (χ2n) is 8.66. The maximum Gasteiger partial charge on any atom is 0.326 e. The zero-order chi connectivity index (χ0) is 22.8. The second kappa shape index (κ2) is 6.83. The van der Waals surface area contributed by atoms with Crippen LogP contribution in [-0.4, -0.2) is 58.1 Å². The topological polar surface area (TPSA) is 107 Å². The monoisotopic (exact) mass is 442 g/mol. The van der Waals surface area contributed by atoms with E-state index in [-0.39, 0.29) is 41.3 Å². The molecular formula is C23H20F2N2O5. The lowest BCUT2D eigenvalue weighted by atomic mass is 10.0. The van der Waals surface area contributed by atoms with Crippen molar-refractivity contribution in [1.29, 1.82) is 0 Å². The number of halogens is 2. The smallest absolute Gasteiger partial charge is 0.326 e. The van der Waals surface area contributed by atoms with Gasteiger partial charge in [-0.1, -0.05) is 30.3 Å². The van der Waals surface area contributed by atoms with Crippen molar-refractivity contribution in [2.24, 2.45) is 5.41 Å². The molecule has 5 rings (SSSR count). The fourth-order valence-electron chi connectivity index (χ4n) is 5.10. The van der Waals surface area contributed by atoms with Crippen LogP contribution in [0.3, 0.4) is 0 Å². The molecule has 1 saturated carbocycles. The average molecular weight is 442 g/mol. The molecule has 0 spiro atoms. The summed E-state index contributed by atoms with van der Waals surface area (Å²) < 4.78 is 29.4. The molecule has 1 saturated heterocycles. The van der Waals surface area contributed by atoms with Gasteiger partial charge in [-0.05, 0) is 36.1 Å². The number of hydrogen-bond donors (Lipinski definition) is 3. The third-order valence-corrected chi connectivity index (χ3v) is 6.88. The number of benzene rings is 2. The number of carbonyl (C=O) groups is 3. The molecule has 2 fully saturated rings. The number of rotatable bonds is 5. The van der Waals surface area contributed by atoms with Gasteiger partial charge in [-0.3, -0.25) is 9.59 Å². The van der Waals surface area contributed by atoms with Gasteiger partial charge in [0.05, 0.1) is 13.2 Å². The summed E-state index contributed by atoms with van der Waals surface area (Å²) in [7, 11) is 0. The molecule has 0 aromatic heterocycles. The Balaban J connectivity index is 1.32. The van der Waals surface area contributed by atoms with Gasteiger partial charge in [0.25, 0.3) is 11.8 Å². The lowest BCUT2D eigenvalue weighted by molar-refractivity contribution is -0.149. The van der Waals surface area contributed by atoms with Gasteiger partial charge in [-0.2, -0.15) is 8.78 Å². The quantitative estimate of drug-likeness (QED) is 0.657. The van der Waals surface area contributed by atoms with Gasteiger partial charge in [-0.25, -0.2) is 4.79 Å². The van der Waals surface area contributed by atoms with Crippen LogP contribution in [0.2, 0.25) is 0 Å². The number of amides is 2. The van der Waals surface area contributed by atoms with E-state index in [1.165, 1.54) is 35.2 Å². The van der Waals surface area contributed by atoms with Crippen LogP contribution in [0.25, 0.3) is 11.1 Å². The minimum atomic E-state index is -3.15. The first-order valence-corrected chi connectivity index (χ1v) is 10.2. The zero-order valence-corrected chi connectivity index (χ0v) is 16.8. The maximum absolute atomic E-state index is 14.7. The van der Waals surface area contributed by atoms with Crippen LogP contribution in [0.4, 0.5) is 8.78 Å². The van der Waals surface area contributed by atoms with Crippen LogP contribution in [0, 0.1) is 5.41 Å². The molecular weight excluding hydrogens is 422 g/mol. The third-order valence-electron chi connectivity index (χ3n) is 6.88. The average Bonchev–Trinajstić information content (AvgIpc) is 3.32. The summed E-state index contributed by atoms with van der Waals surface area (Å²) in [5.74, 6) is -5.48. The lowest BCUT2D eigenvalue weighted by Gasteiger charge is -2.24. The molecule has 3 N–H and O–H groups in total. The van der Waals surface area contributed by atoms with Crippen LogP contribution < -0.4 is 5.32 Å². The van der Waals surface area contributed by atoms with E-state index in [4.69, 9.17) is 0 Å². The Morgan fingerprint density at radius 2 is 1.78 bits per heavy atom. The number of carboxylic acid groups (broad SMARTS) is 1. The van der Waals surface area contributed by atoms with Crippen molar-refractivity contribution in [2.75, 3.05) is 13.2 Å². The molecule has 0 unspecified atom stereocenters. The molecule has 1 heterocycles. The van der Waals surface area contributed by atoms with Crippen molar-refractivity contribution >= 4 is 17.8 Å². The molecule has 2 aromatic rings. The van der Waals surface area contributed by atoms with E-state index in [2.05, 4.69) is 5.32 Å². The number of aliphatic carboxylic acids is 1. The van der Waals surface area contributed by atoms with Gasteiger partial charge in [0, 0.05) is 28.1 Å². The Hall–Kier alpha value is -3.33. The summed E-state index contributed by atoms with van der Waals surface area (Å²) in [6.07, 6.45) is 0.715. The van der Waals surface area contributed by atoms with Gasteiger partial charge >= 0.3 is 5.97 Å². The highest BCUT2D eigenvalue weighted by Gasteiger charge is 2.67. The molecule has 0 bridgehead atoms. The maximum atomic E-state index is 14.7. The summed E-state index contributed by atoms with van der Waals surface area (Å²) in [6.45, 7) is -0.622. The Kier molecular flexibility index (Phi) is 4.39. The minimum Gasteiger partial charge on any atom is -0.480 e. The van der Waals surface area contributed by atoms with Crippen LogP contribution in [0.1, 0.15) is 34.3 Å². The normalized spacial score (nSPS) is 26.2. The standard InChI is InChI=1S/C23H20F2N2O5/c24-23(25)15-4-2-1-3-13(15)14-7-12(5-6-16(14)23)20(30)26-10-19(29)27-17(21(31)32)8-22(11-28)9-18(22)27/h1-7,17-18,28H,8-11H2,(H,26,30)(H,31,32)/t17-,18-,22+/m0/s1. The number of nitrogens with one attached hydrogen (secondary N) is 1. The number of likely N-dealkylation sites (tertiary alicyclic amines) is 1.